The van der Waals surface area contributed by atoms with Crippen LogP contribution in [0.4, 0.5) is 0 Å². The number of pyridine rings is 1. The minimum atomic E-state index is -1.08. The fourth-order valence-electron chi connectivity index (χ4n) is 3.67. The van der Waals surface area contributed by atoms with Gasteiger partial charge in [0, 0.05) is 12.4 Å². The van der Waals surface area contributed by atoms with Gasteiger partial charge in [-0.1, -0.05) is 24.3 Å². The molecule has 158 valence electrons. The molecule has 2 N–H and O–H groups in total. The van der Waals surface area contributed by atoms with Crippen molar-refractivity contribution in [2.75, 3.05) is 0 Å². The minimum absolute atomic E-state index is 0.313. The molecule has 0 amide bonds. The highest BCUT2D eigenvalue weighted by Gasteiger charge is 2.42. The molecule has 0 radical (unpaired) electrons. The van der Waals surface area contributed by atoms with Gasteiger partial charge >= 0.3 is 0 Å². The number of aliphatic hydroxyl groups excluding tert-OH is 2. The van der Waals surface area contributed by atoms with Gasteiger partial charge < -0.3 is 19.7 Å². The van der Waals surface area contributed by atoms with E-state index in [1.54, 1.807) is 23.9 Å². The van der Waals surface area contributed by atoms with Crippen molar-refractivity contribution in [3.05, 3.63) is 67.0 Å². The lowest BCUT2D eigenvalue weighted by Crippen LogP contribution is -2.30. The number of aliphatic hydroxyl groups is 2. The molecule has 1 aromatic carbocycles. The highest BCUT2D eigenvalue weighted by molar-refractivity contribution is 5.76. The van der Waals surface area contributed by atoms with Crippen molar-refractivity contribution in [2.45, 2.75) is 38.1 Å². The molecule has 1 aliphatic heterocycles. The van der Waals surface area contributed by atoms with Crippen molar-refractivity contribution in [3.8, 4) is 17.0 Å². The van der Waals surface area contributed by atoms with Crippen molar-refractivity contribution in [3.63, 3.8) is 0 Å². The van der Waals surface area contributed by atoms with Crippen LogP contribution in [0, 0.1) is 0 Å². The Hall–Kier alpha value is -3.40. The highest BCUT2D eigenvalue weighted by Crippen LogP contribution is 2.32. The number of ether oxygens (including phenoxy) is 2. The Kier molecular flexibility index (Phi) is 5.06. The molecule has 31 heavy (non-hydrogen) atoms. The van der Waals surface area contributed by atoms with Crippen LogP contribution in [0.1, 0.15) is 18.7 Å². The van der Waals surface area contributed by atoms with Crippen LogP contribution in [0.3, 0.4) is 0 Å². The number of hydrogen-bond donors (Lipinski definition) is 2. The first-order valence-corrected chi connectivity index (χ1v) is 9.93. The maximum Gasteiger partial charge on any atom is 0.245 e. The fourth-order valence-corrected chi connectivity index (χ4v) is 3.67. The molecular weight excluding hydrogens is 398 g/mol. The van der Waals surface area contributed by atoms with E-state index in [2.05, 4.69) is 19.9 Å². The third-order valence-corrected chi connectivity index (χ3v) is 5.42. The van der Waals surface area contributed by atoms with Gasteiger partial charge in [0.1, 0.15) is 25.1 Å². The van der Waals surface area contributed by atoms with Crippen LogP contribution < -0.4 is 4.74 Å². The number of rotatable bonds is 5. The number of imidazole rings is 1. The minimum Gasteiger partial charge on any atom is -0.471 e. The van der Waals surface area contributed by atoms with Crippen LogP contribution in [-0.2, 0) is 11.3 Å². The van der Waals surface area contributed by atoms with Crippen LogP contribution >= 0.6 is 0 Å². The summed E-state index contributed by atoms with van der Waals surface area (Å²) in [5, 5.41) is 20.3. The Bertz CT molecular complexity index is 1180. The first-order chi connectivity index (χ1) is 15.1. The lowest BCUT2D eigenvalue weighted by Gasteiger charge is -2.16. The average Bonchev–Trinajstić information content (AvgIpc) is 3.35. The van der Waals surface area contributed by atoms with Gasteiger partial charge in [0.05, 0.1) is 12.4 Å². The van der Waals surface area contributed by atoms with Crippen LogP contribution in [0.5, 0.6) is 5.88 Å². The van der Waals surface area contributed by atoms with Crippen molar-refractivity contribution >= 4 is 11.2 Å². The first-order valence-electron chi connectivity index (χ1n) is 9.93. The molecule has 0 bridgehead atoms. The largest absolute Gasteiger partial charge is 0.471 e. The van der Waals surface area contributed by atoms with Crippen molar-refractivity contribution in [1.82, 2.24) is 24.5 Å². The van der Waals surface area contributed by atoms with Crippen LogP contribution in [0.25, 0.3) is 22.3 Å². The first kappa shape index (κ1) is 19.6. The molecule has 4 atom stereocenters. The Morgan fingerprint density at radius 1 is 0.968 bits per heavy atom. The quantitative estimate of drug-likeness (QED) is 0.505. The van der Waals surface area contributed by atoms with Crippen molar-refractivity contribution in [1.29, 1.82) is 0 Å². The van der Waals surface area contributed by atoms with E-state index in [-0.39, 0.29) is 0 Å². The fraction of sp³-hybridized carbons (Fsp3) is 0.273. The summed E-state index contributed by atoms with van der Waals surface area (Å²) in [5.41, 5.74) is 4.10. The standard InChI is InChI=1S/C22H21N5O4/c1-13-18(28)19(29)22(31-13)27-12-26-17-20(27)24-11-25-21(17)30-10-14-2-4-15(5-3-14)16-6-8-23-9-7-16/h2-9,11-13,18-19,22,28-29H,10H2,1H3/t13-,18-,19-,22-/m1/s1. The smallest absolute Gasteiger partial charge is 0.245 e. The summed E-state index contributed by atoms with van der Waals surface area (Å²) in [6.45, 7) is 2.02. The van der Waals surface area contributed by atoms with Gasteiger partial charge in [-0.05, 0) is 35.7 Å². The molecule has 1 saturated heterocycles. The molecule has 0 aliphatic carbocycles. The SMILES string of the molecule is C[C@H]1O[C@@H](n2cnc3c(OCc4ccc(-c5ccncc5)cc4)ncnc32)[C@H](O)[C@@H]1O. The number of hydrogen-bond acceptors (Lipinski definition) is 8. The van der Waals surface area contributed by atoms with Gasteiger partial charge in [0.25, 0.3) is 0 Å². The number of nitrogens with zero attached hydrogens (tertiary/aromatic N) is 5. The Balaban J connectivity index is 1.34. The Morgan fingerprint density at radius 3 is 2.42 bits per heavy atom. The molecule has 4 aromatic rings. The van der Waals surface area contributed by atoms with Gasteiger partial charge in [-0.2, -0.15) is 4.98 Å². The summed E-state index contributed by atoms with van der Waals surface area (Å²) in [4.78, 5) is 16.9. The third-order valence-electron chi connectivity index (χ3n) is 5.42. The number of fused-ring (bicyclic) bond motifs is 1. The third kappa shape index (κ3) is 3.63. The molecule has 3 aromatic heterocycles. The second kappa shape index (κ2) is 8.03. The van der Waals surface area contributed by atoms with Crippen LogP contribution in [0.2, 0.25) is 0 Å². The molecule has 0 saturated carbocycles. The van der Waals surface area contributed by atoms with E-state index in [9.17, 15) is 10.2 Å². The maximum atomic E-state index is 10.3. The second-order valence-corrected chi connectivity index (χ2v) is 7.44. The Morgan fingerprint density at radius 2 is 1.71 bits per heavy atom. The average molecular weight is 419 g/mol. The summed E-state index contributed by atoms with van der Waals surface area (Å²) in [5.74, 6) is 0.336. The molecule has 0 spiro atoms. The van der Waals surface area contributed by atoms with Crippen LogP contribution in [-0.4, -0.2) is 53.0 Å². The van der Waals surface area contributed by atoms with E-state index < -0.39 is 24.5 Å². The molecule has 9 nitrogen and oxygen atoms in total. The van der Waals surface area contributed by atoms with Crippen molar-refractivity contribution in [2.24, 2.45) is 0 Å². The molecule has 4 heterocycles. The summed E-state index contributed by atoms with van der Waals surface area (Å²) >= 11 is 0. The molecule has 9 heteroatoms. The molecule has 5 rings (SSSR count). The molecular formula is C22H21N5O4. The summed E-state index contributed by atoms with van der Waals surface area (Å²) in [7, 11) is 0. The van der Waals surface area contributed by atoms with E-state index in [1.807, 2.05) is 36.4 Å². The van der Waals surface area contributed by atoms with E-state index in [1.165, 1.54) is 12.7 Å². The van der Waals surface area contributed by atoms with Crippen molar-refractivity contribution < 1.29 is 19.7 Å². The van der Waals surface area contributed by atoms with E-state index in [0.717, 1.165) is 16.7 Å². The number of aromatic nitrogens is 5. The highest BCUT2D eigenvalue weighted by atomic mass is 16.6. The van der Waals surface area contributed by atoms with Gasteiger partial charge in [-0.15, -0.1) is 0 Å². The second-order valence-electron chi connectivity index (χ2n) is 7.44. The zero-order chi connectivity index (χ0) is 21.4. The predicted molar refractivity (Wildman–Crippen MR) is 111 cm³/mol. The summed E-state index contributed by atoms with van der Waals surface area (Å²) < 4.78 is 13.2. The summed E-state index contributed by atoms with van der Waals surface area (Å²) in [6, 6.07) is 12.0. The normalized spacial score (nSPS) is 23.3. The van der Waals surface area contributed by atoms with Gasteiger partial charge in [-0.3, -0.25) is 9.55 Å². The van der Waals surface area contributed by atoms with E-state index in [4.69, 9.17) is 9.47 Å². The zero-order valence-electron chi connectivity index (χ0n) is 16.7. The predicted octanol–water partition coefficient (Wildman–Crippen LogP) is 2.11. The van der Waals surface area contributed by atoms with E-state index >= 15 is 0 Å². The monoisotopic (exact) mass is 419 g/mol. The van der Waals surface area contributed by atoms with Gasteiger partial charge in [-0.25, -0.2) is 9.97 Å². The van der Waals surface area contributed by atoms with E-state index in [0.29, 0.717) is 23.7 Å². The lowest BCUT2D eigenvalue weighted by atomic mass is 10.1. The number of benzene rings is 1. The molecule has 1 aliphatic rings. The molecule has 0 unspecified atom stereocenters. The van der Waals surface area contributed by atoms with Crippen LogP contribution in [0.15, 0.2) is 61.4 Å². The van der Waals surface area contributed by atoms with Gasteiger partial charge in [0.15, 0.2) is 17.4 Å². The molecule has 1 fully saturated rings. The van der Waals surface area contributed by atoms with Gasteiger partial charge in [0.2, 0.25) is 5.88 Å². The topological polar surface area (TPSA) is 115 Å². The summed E-state index contributed by atoms with van der Waals surface area (Å²) in [6.07, 6.45) is 3.09. The maximum absolute atomic E-state index is 10.3. The Labute approximate surface area is 178 Å². The lowest BCUT2D eigenvalue weighted by molar-refractivity contribution is -0.0299. The zero-order valence-corrected chi connectivity index (χ0v) is 16.7.